The molecule has 0 bridgehead atoms. The normalized spacial score (nSPS) is 14.6. The molecule has 0 atom stereocenters. The van der Waals surface area contributed by atoms with Crippen LogP contribution in [0.4, 0.5) is 0 Å². The Hall–Kier alpha value is -2.35. The fourth-order valence-electron chi connectivity index (χ4n) is 2.60. The van der Waals surface area contributed by atoms with Crippen LogP contribution in [0.5, 0.6) is 0 Å². The molecule has 1 N–H and O–H groups in total. The number of nitrogens with one attached hydrogen (secondary N) is 1. The number of benzene rings is 1. The molecular weight excluding hydrogens is 328 g/mol. The number of carbonyl (C=O) groups excluding carboxylic acids is 2. The Bertz CT molecular complexity index is 768. The number of aryl methyl sites for hydroxylation is 1. The van der Waals surface area contributed by atoms with E-state index in [1.54, 1.807) is 4.57 Å². The Morgan fingerprint density at radius 1 is 1.04 bits per heavy atom. The van der Waals surface area contributed by atoms with Gasteiger partial charge in [-0.1, -0.05) is 42.1 Å². The minimum absolute atomic E-state index is 0.121. The molecule has 3 rings (SSSR count). The topological polar surface area (TPSA) is 88.1 Å². The summed E-state index contributed by atoms with van der Waals surface area (Å²) in [6, 6.07) is 9.92. The average molecular weight is 346 g/mol. The van der Waals surface area contributed by atoms with Gasteiger partial charge in [0.1, 0.15) is 0 Å². The van der Waals surface area contributed by atoms with Crippen molar-refractivity contribution >= 4 is 23.6 Å². The summed E-state index contributed by atoms with van der Waals surface area (Å²) in [5.74, 6) is 0.279. The molecule has 8 heteroatoms. The van der Waals surface area contributed by atoms with E-state index in [1.165, 1.54) is 16.7 Å². The van der Waals surface area contributed by atoms with Crippen LogP contribution in [-0.2, 0) is 22.6 Å². The number of aromatic nitrogens is 3. The minimum Gasteiger partial charge on any atom is -0.282 e. The summed E-state index contributed by atoms with van der Waals surface area (Å²) in [6.07, 6.45) is 1.33. The largest absolute Gasteiger partial charge is 0.343 e. The molecule has 0 unspecified atom stereocenters. The van der Waals surface area contributed by atoms with E-state index in [9.17, 15) is 14.4 Å². The van der Waals surface area contributed by atoms with Crippen molar-refractivity contribution in [2.45, 2.75) is 31.0 Å². The van der Waals surface area contributed by atoms with E-state index in [1.807, 2.05) is 30.3 Å². The number of imide groups is 1. The summed E-state index contributed by atoms with van der Waals surface area (Å²) in [4.78, 5) is 36.3. The highest BCUT2D eigenvalue weighted by Gasteiger charge is 2.28. The van der Waals surface area contributed by atoms with Gasteiger partial charge in [0, 0.05) is 31.7 Å². The van der Waals surface area contributed by atoms with Crippen molar-refractivity contribution in [1.82, 2.24) is 19.7 Å². The van der Waals surface area contributed by atoms with Gasteiger partial charge in [0.2, 0.25) is 11.8 Å². The smallest absolute Gasteiger partial charge is 0.282 e. The predicted octanol–water partition coefficient (Wildman–Crippen LogP) is 1.06. The molecule has 2 aromatic rings. The zero-order valence-electron chi connectivity index (χ0n) is 13.1. The average Bonchev–Trinajstić information content (AvgIpc) is 3.10. The van der Waals surface area contributed by atoms with Crippen LogP contribution in [0.2, 0.25) is 0 Å². The number of thioether (sulfide) groups is 1. The molecule has 0 aliphatic carbocycles. The van der Waals surface area contributed by atoms with Gasteiger partial charge in [0.25, 0.3) is 0 Å². The first-order chi connectivity index (χ1) is 11.6. The Labute approximate surface area is 143 Å². The molecule has 126 valence electrons. The molecule has 0 spiro atoms. The van der Waals surface area contributed by atoms with Gasteiger partial charge in [-0.15, -0.1) is 5.10 Å². The summed E-state index contributed by atoms with van der Waals surface area (Å²) in [5.41, 5.74) is 0.900. The quantitative estimate of drug-likeness (QED) is 0.598. The van der Waals surface area contributed by atoms with E-state index in [0.29, 0.717) is 36.8 Å². The van der Waals surface area contributed by atoms with Gasteiger partial charge in [-0.25, -0.2) is 9.89 Å². The molecule has 2 amide bonds. The molecule has 2 heterocycles. The highest BCUT2D eigenvalue weighted by molar-refractivity contribution is 7.99. The van der Waals surface area contributed by atoms with Crippen molar-refractivity contribution in [1.29, 1.82) is 0 Å². The SMILES string of the molecule is O=C1CCC(=O)N1CCSc1n[nH]c(=O)n1CCc1ccccc1. The summed E-state index contributed by atoms with van der Waals surface area (Å²) < 4.78 is 1.59. The van der Waals surface area contributed by atoms with Crippen molar-refractivity contribution in [2.75, 3.05) is 12.3 Å². The van der Waals surface area contributed by atoms with E-state index in [0.717, 1.165) is 12.0 Å². The third-order valence-corrected chi connectivity index (χ3v) is 4.85. The molecule has 0 radical (unpaired) electrons. The van der Waals surface area contributed by atoms with Crippen LogP contribution >= 0.6 is 11.8 Å². The molecule has 1 aliphatic heterocycles. The van der Waals surface area contributed by atoms with E-state index in [2.05, 4.69) is 10.2 Å². The number of hydrogen-bond donors (Lipinski definition) is 1. The third kappa shape index (κ3) is 3.76. The van der Waals surface area contributed by atoms with Crippen molar-refractivity contribution in [3.05, 3.63) is 46.4 Å². The zero-order valence-corrected chi connectivity index (χ0v) is 13.9. The van der Waals surface area contributed by atoms with Crippen LogP contribution in [0.1, 0.15) is 18.4 Å². The molecule has 7 nitrogen and oxygen atoms in total. The van der Waals surface area contributed by atoms with E-state index < -0.39 is 0 Å². The summed E-state index contributed by atoms with van der Waals surface area (Å²) in [6.45, 7) is 0.880. The van der Waals surface area contributed by atoms with Gasteiger partial charge in [0.15, 0.2) is 5.16 Å². The molecular formula is C16H18N4O3S. The predicted molar refractivity (Wildman–Crippen MR) is 89.7 cm³/mol. The number of likely N-dealkylation sites (tertiary alicyclic amines) is 1. The summed E-state index contributed by atoms with van der Waals surface area (Å²) >= 11 is 1.37. The lowest BCUT2D eigenvalue weighted by Gasteiger charge is -2.12. The highest BCUT2D eigenvalue weighted by Crippen LogP contribution is 2.17. The lowest BCUT2D eigenvalue weighted by Crippen LogP contribution is -2.31. The van der Waals surface area contributed by atoms with Crippen molar-refractivity contribution in [3.8, 4) is 0 Å². The molecule has 1 aliphatic rings. The van der Waals surface area contributed by atoms with Crippen LogP contribution < -0.4 is 5.69 Å². The maximum atomic E-state index is 11.9. The van der Waals surface area contributed by atoms with Gasteiger partial charge in [-0.05, 0) is 12.0 Å². The zero-order chi connectivity index (χ0) is 16.9. The van der Waals surface area contributed by atoms with Crippen LogP contribution in [0, 0.1) is 0 Å². The molecule has 1 aromatic carbocycles. The van der Waals surface area contributed by atoms with Crippen LogP contribution in [0.25, 0.3) is 0 Å². The number of carbonyl (C=O) groups is 2. The van der Waals surface area contributed by atoms with Crippen molar-refractivity contribution < 1.29 is 9.59 Å². The Balaban J connectivity index is 1.57. The molecule has 24 heavy (non-hydrogen) atoms. The second kappa shape index (κ2) is 7.48. The second-order valence-corrected chi connectivity index (χ2v) is 6.55. The Morgan fingerprint density at radius 2 is 1.75 bits per heavy atom. The number of H-pyrrole nitrogens is 1. The van der Waals surface area contributed by atoms with Crippen molar-refractivity contribution in [3.63, 3.8) is 0 Å². The van der Waals surface area contributed by atoms with Crippen LogP contribution in [-0.4, -0.2) is 43.8 Å². The van der Waals surface area contributed by atoms with Gasteiger partial charge < -0.3 is 0 Å². The van der Waals surface area contributed by atoms with Crippen LogP contribution in [0.3, 0.4) is 0 Å². The van der Waals surface area contributed by atoms with Gasteiger partial charge >= 0.3 is 5.69 Å². The monoisotopic (exact) mass is 346 g/mol. The van der Waals surface area contributed by atoms with Crippen molar-refractivity contribution in [2.24, 2.45) is 0 Å². The Morgan fingerprint density at radius 3 is 2.46 bits per heavy atom. The lowest BCUT2D eigenvalue weighted by molar-refractivity contribution is -0.137. The van der Waals surface area contributed by atoms with E-state index in [4.69, 9.17) is 0 Å². The fourth-order valence-corrected chi connectivity index (χ4v) is 3.49. The number of aromatic amines is 1. The fraction of sp³-hybridized carbons (Fsp3) is 0.375. The van der Waals surface area contributed by atoms with Gasteiger partial charge in [0.05, 0.1) is 0 Å². The standard InChI is InChI=1S/C16H18N4O3S/c21-13-6-7-14(22)19(13)10-11-24-16-18-17-15(23)20(16)9-8-12-4-2-1-3-5-12/h1-5H,6-11H2,(H,17,23). The third-order valence-electron chi connectivity index (χ3n) is 3.89. The van der Waals surface area contributed by atoms with Crippen LogP contribution in [0.15, 0.2) is 40.3 Å². The Kier molecular flexibility index (Phi) is 5.14. The first-order valence-corrected chi connectivity index (χ1v) is 8.79. The van der Waals surface area contributed by atoms with Gasteiger partial charge in [-0.3, -0.25) is 19.1 Å². The van der Waals surface area contributed by atoms with Gasteiger partial charge in [-0.2, -0.15) is 0 Å². The highest BCUT2D eigenvalue weighted by atomic mass is 32.2. The summed E-state index contributed by atoms with van der Waals surface area (Å²) in [5, 5.41) is 7.07. The molecule has 1 fully saturated rings. The van der Waals surface area contributed by atoms with E-state index in [-0.39, 0.29) is 17.5 Å². The minimum atomic E-state index is -0.248. The number of amides is 2. The number of nitrogens with zero attached hydrogens (tertiary/aromatic N) is 3. The maximum absolute atomic E-state index is 11.9. The second-order valence-electron chi connectivity index (χ2n) is 5.49. The number of hydrogen-bond acceptors (Lipinski definition) is 5. The van der Waals surface area contributed by atoms with E-state index >= 15 is 0 Å². The molecule has 0 saturated carbocycles. The number of rotatable bonds is 7. The summed E-state index contributed by atoms with van der Waals surface area (Å²) in [7, 11) is 0. The lowest BCUT2D eigenvalue weighted by atomic mass is 10.1. The molecule has 1 saturated heterocycles. The molecule has 1 aromatic heterocycles. The maximum Gasteiger partial charge on any atom is 0.343 e. The first kappa shape index (κ1) is 16.5. The first-order valence-electron chi connectivity index (χ1n) is 7.80.